The minimum atomic E-state index is -5.60. The first-order chi connectivity index (χ1) is 18.1. The van der Waals surface area contributed by atoms with E-state index < -0.39 is 44.2 Å². The summed E-state index contributed by atoms with van der Waals surface area (Å²) in [5.41, 5.74) is 0.285. The Morgan fingerprint density at radius 1 is 1.02 bits per heavy atom. The van der Waals surface area contributed by atoms with Crippen LogP contribution >= 0.6 is 38.4 Å². The molecule has 2 rings (SSSR count). The summed E-state index contributed by atoms with van der Waals surface area (Å²) in [5.74, 6) is 0.0852. The number of hydrogen-bond donors (Lipinski definition) is 7. The summed E-state index contributed by atoms with van der Waals surface area (Å²) in [7, 11) is -11.2. The van der Waals surface area contributed by atoms with E-state index in [9.17, 15) is 43.4 Å². The summed E-state index contributed by atoms with van der Waals surface area (Å²) in [6, 6.07) is 6.17. The predicted molar refractivity (Wildman–Crippen MR) is 154 cm³/mol. The van der Waals surface area contributed by atoms with Crippen molar-refractivity contribution >= 4 is 62.1 Å². The topological polar surface area (TPSA) is 193 Å². The number of amides is 2. The molecule has 2 amide bonds. The average molecular weight is 705 g/mol. The number of rotatable bonds is 15. The van der Waals surface area contributed by atoms with Crippen molar-refractivity contribution in [1.82, 2.24) is 9.80 Å². The zero-order chi connectivity index (χ0) is 29.5. The molecule has 0 unspecified atom stereocenters. The second-order valence-corrected chi connectivity index (χ2v) is 14.8. The zero-order valence-corrected chi connectivity index (χ0v) is 34.0. The number of anilines is 1. The van der Waals surface area contributed by atoms with E-state index in [0.717, 1.165) is 12.8 Å². The maximum Gasteiger partial charge on any atom is 1.00 e. The van der Waals surface area contributed by atoms with Crippen LogP contribution in [0.2, 0.25) is 0 Å². The van der Waals surface area contributed by atoms with Crippen LogP contribution in [-0.2, 0) is 18.7 Å². The fourth-order valence-electron chi connectivity index (χ4n) is 4.91. The second kappa shape index (κ2) is 19.7. The quantitative estimate of drug-likeness (QED) is 0.0305. The standard InChI is InChI=1S/C23H37Cl2N3O9P2.3Na.3H/c1-18(26-19-5-7-20(8-6-19)28(17-29,15-13-24)16-14-25)21(30)27-22(9-3-2-4-10-22)11-12-23(31,38(32,33)34)39(35,36)37;;;;;;/h5-8,17-18,26,31H,2-4,9-16H2,1H3,(H4-,27,30,32,33,34,35,36,37);;;;;;/q;3*+1;3*-1/p+1/t18-;;;;;;/m0....../s1. The van der Waals surface area contributed by atoms with E-state index in [1.54, 1.807) is 31.2 Å². The van der Waals surface area contributed by atoms with Crippen LogP contribution in [0, 0.1) is 0 Å². The van der Waals surface area contributed by atoms with Gasteiger partial charge in [-0.15, -0.1) is 23.2 Å². The molecule has 1 aromatic rings. The van der Waals surface area contributed by atoms with Gasteiger partial charge in [0.05, 0.1) is 11.8 Å². The van der Waals surface area contributed by atoms with Crippen molar-refractivity contribution in [2.24, 2.45) is 0 Å². The number of alkyl halides is 2. The molecule has 1 fully saturated rings. The van der Waals surface area contributed by atoms with Crippen LogP contribution in [0.25, 0.3) is 0 Å². The summed E-state index contributed by atoms with van der Waals surface area (Å²) in [6.45, 7) is 2.35. The van der Waals surface area contributed by atoms with Gasteiger partial charge < -0.3 is 39.6 Å². The van der Waals surface area contributed by atoms with Crippen LogP contribution in [0.15, 0.2) is 24.3 Å². The number of halogens is 2. The molecule has 0 heterocycles. The molecular formula is C23H41Cl2N3Na3O9P2+. The van der Waals surface area contributed by atoms with Gasteiger partial charge in [0.15, 0.2) is 0 Å². The Labute approximate surface area is 327 Å². The third-order valence-corrected chi connectivity index (χ3v) is 11.6. The van der Waals surface area contributed by atoms with Crippen molar-refractivity contribution in [1.29, 1.82) is 0 Å². The molecule has 42 heavy (non-hydrogen) atoms. The van der Waals surface area contributed by atoms with Crippen molar-refractivity contribution in [2.45, 2.75) is 68.5 Å². The van der Waals surface area contributed by atoms with E-state index in [1.807, 2.05) is 0 Å². The van der Waals surface area contributed by atoms with Gasteiger partial charge in [0.1, 0.15) is 24.8 Å². The van der Waals surface area contributed by atoms with Gasteiger partial charge in [-0.3, -0.25) is 13.9 Å². The van der Waals surface area contributed by atoms with Crippen molar-refractivity contribution in [3.63, 3.8) is 0 Å². The van der Waals surface area contributed by atoms with Crippen LogP contribution in [-0.4, -0.2) is 78.5 Å². The smallest absolute Gasteiger partial charge is 1.00 e. The van der Waals surface area contributed by atoms with Crippen molar-refractivity contribution in [2.75, 3.05) is 30.2 Å². The Morgan fingerprint density at radius 2 is 1.50 bits per heavy atom. The summed E-state index contributed by atoms with van der Waals surface area (Å²) in [6.07, 6.45) is 2.76. The number of aliphatic hydroxyl groups is 1. The summed E-state index contributed by atoms with van der Waals surface area (Å²) < 4.78 is 23.6. The van der Waals surface area contributed by atoms with Crippen molar-refractivity contribution < 1.29 is 136 Å². The fraction of sp³-hybridized carbons (Fsp3) is 0.652. The number of hydrogen-bond acceptors (Lipinski definition) is 6. The van der Waals surface area contributed by atoms with Gasteiger partial charge in [0.25, 0.3) is 5.08 Å². The monoisotopic (exact) mass is 704 g/mol. The maximum absolute atomic E-state index is 13.2. The largest absolute Gasteiger partial charge is 1.00 e. The Balaban J connectivity index is -0.000000889. The molecule has 1 saturated carbocycles. The van der Waals surface area contributed by atoms with E-state index in [-0.39, 0.29) is 116 Å². The third-order valence-electron chi connectivity index (χ3n) is 7.40. The number of nitrogens with zero attached hydrogens (tertiary/aromatic N) is 1. The molecule has 0 radical (unpaired) electrons. The SMILES string of the molecule is C[C@H](Nc1ccc([N+](C=O)(CCCl)CCCl)cc1)C(=O)NC1(CCC(O)(P(=O)(O)O)P(=O)(O)O)CCCCC1.[H-].[H-].[H-].[Na+].[Na+].[Na+]. The maximum atomic E-state index is 13.2. The Kier molecular flexibility index (Phi) is 21.6. The minimum absolute atomic E-state index is 0. The summed E-state index contributed by atoms with van der Waals surface area (Å²) >= 11 is 11.8. The van der Waals surface area contributed by atoms with Gasteiger partial charge in [-0.05, 0) is 38.3 Å². The first kappa shape index (κ1) is 46.1. The Hall–Kier alpha value is 1.96. The first-order valence-electron chi connectivity index (χ1n) is 12.6. The summed E-state index contributed by atoms with van der Waals surface area (Å²) in [5, 5.41) is 12.8. The van der Waals surface area contributed by atoms with Gasteiger partial charge in [-0.2, -0.15) is 0 Å². The van der Waals surface area contributed by atoms with E-state index in [0.29, 0.717) is 50.1 Å². The molecule has 12 nitrogen and oxygen atoms in total. The molecule has 0 aliphatic heterocycles. The van der Waals surface area contributed by atoms with E-state index in [2.05, 4.69) is 10.6 Å². The van der Waals surface area contributed by atoms with Gasteiger partial charge in [0, 0.05) is 29.8 Å². The van der Waals surface area contributed by atoms with Gasteiger partial charge in [-0.25, -0.2) is 9.28 Å². The minimum Gasteiger partial charge on any atom is -1.00 e. The van der Waals surface area contributed by atoms with Crippen molar-refractivity contribution in [3.8, 4) is 0 Å². The second-order valence-electron chi connectivity index (χ2n) is 10.1. The number of benzene rings is 1. The molecule has 1 aliphatic carbocycles. The van der Waals surface area contributed by atoms with Crippen LogP contribution < -0.4 is 104 Å². The van der Waals surface area contributed by atoms with E-state index >= 15 is 0 Å². The first-order valence-corrected chi connectivity index (χ1v) is 16.9. The molecule has 0 bridgehead atoms. The zero-order valence-electron chi connectivity index (χ0n) is 27.7. The molecule has 1 atom stereocenters. The van der Waals surface area contributed by atoms with Gasteiger partial charge >= 0.3 is 110 Å². The molecule has 7 N–H and O–H groups in total. The number of carbonyl (C=O) groups is 2. The van der Waals surface area contributed by atoms with Gasteiger partial charge in [0.2, 0.25) is 5.91 Å². The Morgan fingerprint density at radius 3 is 1.90 bits per heavy atom. The third kappa shape index (κ3) is 11.9. The molecule has 0 spiro atoms. The molecule has 0 saturated heterocycles. The van der Waals surface area contributed by atoms with Crippen molar-refractivity contribution in [3.05, 3.63) is 24.3 Å². The molecular weight excluding hydrogens is 664 g/mol. The van der Waals surface area contributed by atoms with Crippen LogP contribution in [0.5, 0.6) is 0 Å². The van der Waals surface area contributed by atoms with Crippen LogP contribution in [0.1, 0.15) is 56.1 Å². The van der Waals surface area contributed by atoms with Crippen LogP contribution in [0.4, 0.5) is 11.4 Å². The Bertz CT molecular complexity index is 1080. The fourth-order valence-corrected chi connectivity index (χ4v) is 7.68. The molecule has 228 valence electrons. The molecule has 0 aromatic heterocycles. The van der Waals surface area contributed by atoms with Gasteiger partial charge in [-0.1, -0.05) is 19.3 Å². The molecule has 19 heteroatoms. The number of nitrogens with one attached hydrogen (secondary N) is 2. The van der Waals surface area contributed by atoms with E-state index in [1.165, 1.54) is 0 Å². The molecule has 1 aromatic carbocycles. The number of quaternary nitrogens is 1. The average Bonchev–Trinajstić information content (AvgIpc) is 2.86. The molecule has 1 aliphatic rings. The summed E-state index contributed by atoms with van der Waals surface area (Å²) in [4.78, 5) is 63.1. The van der Waals surface area contributed by atoms with E-state index in [4.69, 9.17) is 23.2 Å². The normalized spacial score (nSPS) is 16.1. The van der Waals surface area contributed by atoms with Crippen LogP contribution in [0.3, 0.4) is 0 Å². The number of carbonyl (C=O) groups excluding carboxylic acids is 2. The predicted octanol–water partition coefficient (Wildman–Crippen LogP) is -5.62.